The van der Waals surface area contributed by atoms with E-state index in [0.717, 1.165) is 32.1 Å². The second-order valence-corrected chi connectivity index (χ2v) is 6.72. The van der Waals surface area contributed by atoms with Gasteiger partial charge in [-0.1, -0.05) is 13.8 Å². The van der Waals surface area contributed by atoms with Gasteiger partial charge in [-0.15, -0.1) is 47.2 Å². The van der Waals surface area contributed by atoms with Gasteiger partial charge in [0.25, 0.3) is 0 Å². The third-order valence-electron chi connectivity index (χ3n) is 3.37. The van der Waals surface area contributed by atoms with E-state index in [9.17, 15) is 19.5 Å². The molecule has 0 radical (unpaired) electrons. The van der Waals surface area contributed by atoms with Gasteiger partial charge in [-0.25, -0.2) is 0 Å². The fourth-order valence-corrected chi connectivity index (χ4v) is 2.41. The summed E-state index contributed by atoms with van der Waals surface area (Å²) in [4.78, 5) is 32.0. The van der Waals surface area contributed by atoms with E-state index < -0.39 is 0 Å². The van der Waals surface area contributed by atoms with Crippen LogP contribution >= 0.6 is 47.2 Å². The highest BCUT2D eigenvalue weighted by molar-refractivity contribution is 14.0. The summed E-state index contributed by atoms with van der Waals surface area (Å²) in [5.41, 5.74) is 0. The first-order valence-electron chi connectivity index (χ1n) is 8.64. The lowest BCUT2D eigenvalue weighted by atomic mass is 10.1. The molecular weight excluding hydrogens is 490 g/mol. The van der Waals surface area contributed by atoms with E-state index in [1.54, 1.807) is 13.8 Å². The molecule has 0 saturated heterocycles. The highest BCUT2D eigenvalue weighted by atomic mass is 127. The number of aliphatic hydroxyl groups is 1. The molecule has 0 heterocycles. The van der Waals surface area contributed by atoms with E-state index in [0.29, 0.717) is 43.9 Å². The molecule has 0 aliphatic rings. The molecule has 0 fully saturated rings. The van der Waals surface area contributed by atoms with Crippen LogP contribution in [0.1, 0.15) is 85.5 Å². The predicted molar refractivity (Wildman–Crippen MR) is 122 cm³/mol. The van der Waals surface area contributed by atoms with Gasteiger partial charge in [-0.2, -0.15) is 0 Å². The van der Waals surface area contributed by atoms with Gasteiger partial charge in [0, 0.05) is 37.4 Å². The maximum atomic E-state index is 10.9. The maximum absolute atomic E-state index is 10.9. The van der Waals surface area contributed by atoms with Crippen LogP contribution in [0.3, 0.4) is 0 Å². The molecular formula is C19H37Cl2IO4. The Hall–Kier alpha value is 0.280. The summed E-state index contributed by atoms with van der Waals surface area (Å²) >= 11 is 10.8. The molecule has 0 aromatic carbocycles. The van der Waals surface area contributed by atoms with E-state index in [1.165, 1.54) is 0 Å². The fourth-order valence-electron chi connectivity index (χ4n) is 1.95. The van der Waals surface area contributed by atoms with Gasteiger partial charge in [0.05, 0.1) is 6.10 Å². The van der Waals surface area contributed by atoms with Crippen molar-refractivity contribution in [1.29, 1.82) is 0 Å². The monoisotopic (exact) mass is 526 g/mol. The number of ketones is 3. The Labute approximate surface area is 186 Å². The average Bonchev–Trinajstić information content (AvgIpc) is 2.49. The molecule has 0 saturated carbocycles. The van der Waals surface area contributed by atoms with Crippen molar-refractivity contribution < 1.29 is 19.5 Å². The number of rotatable bonds is 14. The largest absolute Gasteiger partial charge is 0.393 e. The molecule has 1 N–H and O–H groups in total. The minimum Gasteiger partial charge on any atom is -0.393 e. The van der Waals surface area contributed by atoms with Crippen LogP contribution in [0.4, 0.5) is 0 Å². The Kier molecular flexibility index (Phi) is 32.9. The topological polar surface area (TPSA) is 71.4 Å². The number of halogens is 3. The van der Waals surface area contributed by atoms with Crippen molar-refractivity contribution in [2.24, 2.45) is 0 Å². The van der Waals surface area contributed by atoms with Crippen molar-refractivity contribution in [3.8, 4) is 0 Å². The average molecular weight is 527 g/mol. The summed E-state index contributed by atoms with van der Waals surface area (Å²) in [5, 5.41) is 9.25. The molecule has 0 aliphatic heterocycles. The van der Waals surface area contributed by atoms with E-state index in [1.807, 2.05) is 0 Å². The van der Waals surface area contributed by atoms with E-state index in [2.05, 4.69) is 0 Å². The molecule has 0 amide bonds. The summed E-state index contributed by atoms with van der Waals surface area (Å²) in [7, 11) is 0. The molecule has 0 unspecified atom stereocenters. The first-order chi connectivity index (χ1) is 11.3. The Balaban J connectivity index is -0.000000173. The fraction of sp³-hybridized carbons (Fsp3) is 0.842. The Morgan fingerprint density at radius 2 is 1.23 bits per heavy atom. The van der Waals surface area contributed by atoms with Crippen molar-refractivity contribution in [1.82, 2.24) is 0 Å². The lowest BCUT2D eigenvalue weighted by molar-refractivity contribution is -0.119. The molecule has 26 heavy (non-hydrogen) atoms. The van der Waals surface area contributed by atoms with Crippen molar-refractivity contribution in [3.05, 3.63) is 0 Å². The summed E-state index contributed by atoms with van der Waals surface area (Å²) in [6.45, 7) is 3.16. The zero-order valence-electron chi connectivity index (χ0n) is 15.4. The first kappa shape index (κ1) is 33.8. The van der Waals surface area contributed by atoms with Gasteiger partial charge in [-0.3, -0.25) is 4.79 Å². The van der Waals surface area contributed by atoms with Gasteiger partial charge in [-0.05, 0) is 46.0 Å². The second-order valence-electron chi connectivity index (χ2n) is 5.97. The molecule has 0 spiro atoms. The Morgan fingerprint density at radius 1 is 0.769 bits per heavy atom. The summed E-state index contributed by atoms with van der Waals surface area (Å²) < 4.78 is 0. The number of hydrogen-bond donors (Lipinski definition) is 1. The lowest BCUT2D eigenvalue weighted by Crippen LogP contribution is -2.06. The SMILES string of the molecule is C.CC(=O)CCCCC(=O)CCCl.CC(=O)CCCC[C@@H](O)CCCl.I. The van der Waals surface area contributed by atoms with Crippen LogP contribution in [-0.4, -0.2) is 40.3 Å². The summed E-state index contributed by atoms with van der Waals surface area (Å²) in [6.07, 6.45) is 6.82. The molecule has 0 aromatic heterocycles. The summed E-state index contributed by atoms with van der Waals surface area (Å²) in [5.74, 6) is 1.54. The molecule has 0 bridgehead atoms. The lowest BCUT2D eigenvalue weighted by Gasteiger charge is -2.06. The molecule has 0 rings (SSSR count). The third-order valence-corrected chi connectivity index (χ3v) is 3.77. The van der Waals surface area contributed by atoms with Crippen LogP contribution in [0.25, 0.3) is 0 Å². The second kappa shape index (κ2) is 25.3. The smallest absolute Gasteiger partial charge is 0.134 e. The molecule has 1 atom stereocenters. The van der Waals surface area contributed by atoms with E-state index >= 15 is 0 Å². The Bertz CT molecular complexity index is 352. The third kappa shape index (κ3) is 32.0. The normalized spacial score (nSPS) is 10.5. The molecule has 0 aromatic rings. The van der Waals surface area contributed by atoms with Gasteiger partial charge < -0.3 is 14.7 Å². The van der Waals surface area contributed by atoms with Gasteiger partial charge in [0.1, 0.15) is 17.3 Å². The van der Waals surface area contributed by atoms with Crippen molar-refractivity contribution in [3.63, 3.8) is 0 Å². The van der Waals surface area contributed by atoms with Crippen LogP contribution in [0, 0.1) is 0 Å². The number of aliphatic hydroxyl groups excluding tert-OH is 1. The summed E-state index contributed by atoms with van der Waals surface area (Å²) in [6, 6.07) is 0. The number of unbranched alkanes of at least 4 members (excludes halogenated alkanes) is 2. The molecule has 4 nitrogen and oxygen atoms in total. The maximum Gasteiger partial charge on any atom is 0.134 e. The number of alkyl halides is 2. The van der Waals surface area contributed by atoms with E-state index in [4.69, 9.17) is 23.2 Å². The number of carbonyl (C=O) groups excluding carboxylic acids is 3. The first-order valence-corrected chi connectivity index (χ1v) is 9.70. The standard InChI is InChI=1S/C9H17ClO2.C9H15ClO2.CH4.HI/c2*1-8(11)4-2-3-5-9(12)6-7-10;;/h9,12H,2-7H2,1H3;2-7H2,1H3;1H4;1H/t9-;;;/m1.../s1. The van der Waals surface area contributed by atoms with Gasteiger partial charge >= 0.3 is 0 Å². The van der Waals surface area contributed by atoms with Crippen LogP contribution in [-0.2, 0) is 14.4 Å². The van der Waals surface area contributed by atoms with Crippen LogP contribution in [0.15, 0.2) is 0 Å². The van der Waals surface area contributed by atoms with Crippen LogP contribution in [0.5, 0.6) is 0 Å². The molecule has 158 valence electrons. The van der Waals surface area contributed by atoms with Crippen LogP contribution in [0.2, 0.25) is 0 Å². The van der Waals surface area contributed by atoms with Gasteiger partial charge in [0.15, 0.2) is 0 Å². The minimum absolute atomic E-state index is 0. The Morgan fingerprint density at radius 3 is 1.65 bits per heavy atom. The number of hydrogen-bond acceptors (Lipinski definition) is 4. The number of carbonyl (C=O) groups is 3. The van der Waals surface area contributed by atoms with Gasteiger partial charge in [0.2, 0.25) is 0 Å². The van der Waals surface area contributed by atoms with Crippen molar-refractivity contribution in [2.75, 3.05) is 11.8 Å². The predicted octanol–water partition coefficient (Wildman–Crippen LogP) is 5.71. The van der Waals surface area contributed by atoms with Crippen molar-refractivity contribution >= 4 is 64.5 Å². The zero-order chi connectivity index (χ0) is 18.8. The minimum atomic E-state index is -0.283. The zero-order valence-corrected chi connectivity index (χ0v) is 19.2. The molecule has 0 aliphatic carbocycles. The highest BCUT2D eigenvalue weighted by Crippen LogP contribution is 2.07. The quantitative estimate of drug-likeness (QED) is 0.179. The number of Topliss-reactive ketones (excluding diaryl/α,β-unsaturated/α-hetero) is 3. The highest BCUT2D eigenvalue weighted by Gasteiger charge is 2.03. The van der Waals surface area contributed by atoms with Crippen molar-refractivity contribution in [2.45, 2.75) is 91.6 Å². The van der Waals surface area contributed by atoms with E-state index in [-0.39, 0.29) is 54.9 Å². The van der Waals surface area contributed by atoms with Crippen LogP contribution < -0.4 is 0 Å². The molecule has 7 heteroatoms.